The molecular weight excluding hydrogens is 264 g/mol. The van der Waals surface area contributed by atoms with Crippen LogP contribution in [0.4, 0.5) is 4.79 Å². The van der Waals surface area contributed by atoms with Crippen LogP contribution in [0.1, 0.15) is 26.2 Å². The van der Waals surface area contributed by atoms with E-state index < -0.39 is 0 Å². The first-order valence-electron chi connectivity index (χ1n) is 6.97. The number of carbonyl (C=O) groups excluding carboxylic acids is 2. The van der Waals surface area contributed by atoms with Gasteiger partial charge in [-0.15, -0.1) is 0 Å². The molecule has 7 nitrogen and oxygen atoms in total. The Labute approximate surface area is 118 Å². The van der Waals surface area contributed by atoms with E-state index in [9.17, 15) is 9.59 Å². The summed E-state index contributed by atoms with van der Waals surface area (Å²) in [5, 5.41) is 8.72. The van der Waals surface area contributed by atoms with Crippen molar-refractivity contribution in [2.45, 2.75) is 38.3 Å². The number of carbonyl (C=O) groups is 2. The average Bonchev–Trinajstić information content (AvgIpc) is 2.64. The Kier molecular flexibility index (Phi) is 4.82. The van der Waals surface area contributed by atoms with Gasteiger partial charge in [0.05, 0.1) is 25.9 Å². The van der Waals surface area contributed by atoms with E-state index in [1.165, 1.54) is 7.11 Å². The monoisotopic (exact) mass is 286 g/mol. The van der Waals surface area contributed by atoms with Crippen LogP contribution in [0.15, 0.2) is 0 Å². The van der Waals surface area contributed by atoms with Crippen LogP contribution in [0.2, 0.25) is 0 Å². The predicted octanol–water partition coefficient (Wildman–Crippen LogP) is 0.764. The molecule has 2 fully saturated rings. The number of amides is 2. The second-order valence-corrected chi connectivity index (χ2v) is 5.59. The number of hydrogen-bond acceptors (Lipinski definition) is 5. The van der Waals surface area contributed by atoms with Crippen molar-refractivity contribution in [2.24, 2.45) is 11.8 Å². The van der Waals surface area contributed by atoms with Crippen molar-refractivity contribution in [1.29, 1.82) is 0 Å². The van der Waals surface area contributed by atoms with Crippen molar-refractivity contribution < 1.29 is 24.3 Å². The standard InChI is InChI=1S/C13H22N2O5/c1-8-7-20-11-5-9(12(16)14-18)3-4-10(11)6-15(8)13(17)19-2/h8-11,18H,3-7H2,1-2H3,(H,14,16)/t8-,9?,10?,11?/m0/s1. The van der Waals surface area contributed by atoms with E-state index in [1.807, 2.05) is 6.92 Å². The Morgan fingerprint density at radius 1 is 1.40 bits per heavy atom. The van der Waals surface area contributed by atoms with Crippen LogP contribution < -0.4 is 5.48 Å². The number of nitrogens with zero attached hydrogens (tertiary/aromatic N) is 1. The highest BCUT2D eigenvalue weighted by molar-refractivity contribution is 5.77. The van der Waals surface area contributed by atoms with Gasteiger partial charge in [0.1, 0.15) is 0 Å². The van der Waals surface area contributed by atoms with Gasteiger partial charge < -0.3 is 14.4 Å². The summed E-state index contributed by atoms with van der Waals surface area (Å²) >= 11 is 0. The quantitative estimate of drug-likeness (QED) is 0.549. The molecule has 114 valence electrons. The van der Waals surface area contributed by atoms with E-state index in [-0.39, 0.29) is 36.0 Å². The second-order valence-electron chi connectivity index (χ2n) is 5.59. The number of fused-ring (bicyclic) bond motifs is 1. The van der Waals surface area contributed by atoms with E-state index in [2.05, 4.69) is 0 Å². The fourth-order valence-electron chi connectivity index (χ4n) is 3.09. The first-order valence-corrected chi connectivity index (χ1v) is 6.97. The molecule has 2 N–H and O–H groups in total. The minimum atomic E-state index is -0.353. The maximum Gasteiger partial charge on any atom is 0.409 e. The van der Waals surface area contributed by atoms with E-state index >= 15 is 0 Å². The summed E-state index contributed by atoms with van der Waals surface area (Å²) in [6, 6.07) is -0.0434. The molecular formula is C13H22N2O5. The average molecular weight is 286 g/mol. The van der Waals surface area contributed by atoms with E-state index in [4.69, 9.17) is 14.7 Å². The minimum absolute atomic E-state index is 0.0434. The lowest BCUT2D eigenvalue weighted by Crippen LogP contribution is -2.44. The lowest BCUT2D eigenvalue weighted by Gasteiger charge is -2.34. The fourth-order valence-corrected chi connectivity index (χ4v) is 3.09. The molecule has 1 aliphatic heterocycles. The van der Waals surface area contributed by atoms with Crippen LogP contribution in [0.25, 0.3) is 0 Å². The number of hydroxylamine groups is 1. The molecule has 4 atom stereocenters. The summed E-state index contributed by atoms with van der Waals surface area (Å²) in [5.74, 6) is -0.364. The van der Waals surface area contributed by atoms with Crippen LogP contribution in [0.3, 0.4) is 0 Å². The van der Waals surface area contributed by atoms with Crippen LogP contribution in [0, 0.1) is 11.8 Å². The maximum atomic E-state index is 11.8. The number of nitrogens with one attached hydrogen (secondary N) is 1. The van der Waals surface area contributed by atoms with Gasteiger partial charge >= 0.3 is 6.09 Å². The van der Waals surface area contributed by atoms with E-state index in [0.717, 1.165) is 6.42 Å². The van der Waals surface area contributed by atoms with E-state index in [0.29, 0.717) is 26.0 Å². The zero-order valence-corrected chi connectivity index (χ0v) is 11.9. The summed E-state index contributed by atoms with van der Waals surface area (Å²) < 4.78 is 10.7. The van der Waals surface area contributed by atoms with Gasteiger partial charge in [-0.25, -0.2) is 10.3 Å². The molecule has 0 aromatic rings. The minimum Gasteiger partial charge on any atom is -0.453 e. The summed E-state index contributed by atoms with van der Waals surface area (Å²) in [5.41, 5.74) is 1.71. The lowest BCUT2D eigenvalue weighted by molar-refractivity contribution is -0.137. The van der Waals surface area contributed by atoms with Crippen molar-refractivity contribution in [3.63, 3.8) is 0 Å². The fraction of sp³-hybridized carbons (Fsp3) is 0.846. The highest BCUT2D eigenvalue weighted by Crippen LogP contribution is 2.34. The van der Waals surface area contributed by atoms with Gasteiger partial charge in [-0.3, -0.25) is 10.0 Å². The number of ether oxygens (including phenoxy) is 2. The van der Waals surface area contributed by atoms with Crippen molar-refractivity contribution in [1.82, 2.24) is 10.4 Å². The molecule has 2 aliphatic rings. The van der Waals surface area contributed by atoms with Crippen LogP contribution >= 0.6 is 0 Å². The zero-order chi connectivity index (χ0) is 14.7. The third-order valence-electron chi connectivity index (χ3n) is 4.33. The SMILES string of the molecule is COC(=O)N1CC2CCC(C(=O)NO)CC2OC[C@@H]1C. The van der Waals surface area contributed by atoms with Crippen molar-refractivity contribution in [3.8, 4) is 0 Å². The largest absolute Gasteiger partial charge is 0.453 e. The first kappa shape index (κ1) is 15.1. The molecule has 1 aliphatic carbocycles. The molecule has 20 heavy (non-hydrogen) atoms. The molecule has 0 aromatic carbocycles. The molecule has 3 unspecified atom stereocenters. The molecule has 0 spiro atoms. The van der Waals surface area contributed by atoms with E-state index in [1.54, 1.807) is 10.4 Å². The van der Waals surface area contributed by atoms with Gasteiger partial charge in [-0.2, -0.15) is 0 Å². The van der Waals surface area contributed by atoms with Gasteiger partial charge in [0.2, 0.25) is 5.91 Å². The lowest BCUT2D eigenvalue weighted by atomic mass is 9.79. The molecule has 2 amide bonds. The molecule has 2 rings (SSSR count). The Morgan fingerprint density at radius 2 is 2.15 bits per heavy atom. The van der Waals surface area contributed by atoms with Gasteiger partial charge in [0, 0.05) is 18.4 Å². The van der Waals surface area contributed by atoms with Crippen LogP contribution in [-0.4, -0.2) is 54.5 Å². The highest BCUT2D eigenvalue weighted by atomic mass is 16.5. The Hall–Kier alpha value is -1.34. The first-order chi connectivity index (χ1) is 9.56. The van der Waals surface area contributed by atoms with Gasteiger partial charge in [-0.1, -0.05) is 0 Å². The van der Waals surface area contributed by atoms with Crippen molar-refractivity contribution >= 4 is 12.0 Å². The second kappa shape index (κ2) is 6.41. The predicted molar refractivity (Wildman–Crippen MR) is 69.1 cm³/mol. The Bertz CT molecular complexity index is 376. The summed E-state index contributed by atoms with van der Waals surface area (Å²) in [4.78, 5) is 25.0. The topological polar surface area (TPSA) is 88.1 Å². The van der Waals surface area contributed by atoms with Gasteiger partial charge in [0.15, 0.2) is 0 Å². The number of methoxy groups -OCH3 is 1. The summed E-state index contributed by atoms with van der Waals surface area (Å²) in [6.07, 6.45) is 1.68. The number of hydrogen-bond donors (Lipinski definition) is 2. The normalized spacial score (nSPS) is 33.9. The molecule has 0 bridgehead atoms. The van der Waals surface area contributed by atoms with Crippen molar-refractivity contribution in [3.05, 3.63) is 0 Å². The molecule has 7 heteroatoms. The maximum absolute atomic E-state index is 11.8. The molecule has 1 saturated carbocycles. The highest BCUT2D eigenvalue weighted by Gasteiger charge is 2.39. The smallest absolute Gasteiger partial charge is 0.409 e. The van der Waals surface area contributed by atoms with Crippen LogP contribution in [0.5, 0.6) is 0 Å². The third-order valence-corrected chi connectivity index (χ3v) is 4.33. The molecule has 0 radical (unpaired) electrons. The Balaban J connectivity index is 2.04. The van der Waals surface area contributed by atoms with Crippen LogP contribution in [-0.2, 0) is 14.3 Å². The molecule has 0 aromatic heterocycles. The van der Waals surface area contributed by atoms with Gasteiger partial charge in [0.25, 0.3) is 0 Å². The zero-order valence-electron chi connectivity index (χ0n) is 11.9. The summed E-state index contributed by atoms with van der Waals surface area (Å²) in [6.45, 7) is 2.95. The van der Waals surface area contributed by atoms with Gasteiger partial charge in [-0.05, 0) is 26.2 Å². The molecule has 1 saturated heterocycles. The van der Waals surface area contributed by atoms with Crippen molar-refractivity contribution in [2.75, 3.05) is 20.3 Å². The summed E-state index contributed by atoms with van der Waals surface area (Å²) in [7, 11) is 1.38. The third kappa shape index (κ3) is 3.04. The Morgan fingerprint density at radius 3 is 2.80 bits per heavy atom. The molecule has 1 heterocycles. The number of rotatable bonds is 1.